The van der Waals surface area contributed by atoms with Gasteiger partial charge in [0.25, 0.3) is 31.5 Å². The molecule has 5 aromatic rings. The predicted molar refractivity (Wildman–Crippen MR) is 176 cm³/mol. The van der Waals surface area contributed by atoms with Crippen molar-refractivity contribution in [2.45, 2.75) is 16.7 Å². The molecule has 238 valence electrons. The number of nitrogens with one attached hydrogen (secondary N) is 3. The van der Waals surface area contributed by atoms with Gasteiger partial charge >= 0.3 is 0 Å². The summed E-state index contributed by atoms with van der Waals surface area (Å²) in [7, 11) is -5.35. The van der Waals surface area contributed by atoms with Crippen LogP contribution >= 0.6 is 11.6 Å². The molecule has 0 saturated carbocycles. The van der Waals surface area contributed by atoms with Gasteiger partial charge in [0, 0.05) is 24.0 Å². The number of ether oxygens (including phenoxy) is 1. The summed E-state index contributed by atoms with van der Waals surface area (Å²) in [6.45, 7) is 1.59. The van der Waals surface area contributed by atoms with Crippen LogP contribution in [0.1, 0.15) is 16.1 Å². The van der Waals surface area contributed by atoms with Crippen LogP contribution in [0.15, 0.2) is 112 Å². The van der Waals surface area contributed by atoms with Crippen molar-refractivity contribution in [3.8, 4) is 11.4 Å². The van der Waals surface area contributed by atoms with E-state index in [0.717, 1.165) is 6.07 Å². The number of sulfonamides is 2. The van der Waals surface area contributed by atoms with Crippen molar-refractivity contribution < 1.29 is 26.4 Å². The summed E-state index contributed by atoms with van der Waals surface area (Å²) in [6.07, 6.45) is 0. The Bertz CT molecular complexity index is 2220. The number of carbonyl (C=O) groups excluding carboxylic acids is 1. The van der Waals surface area contributed by atoms with Gasteiger partial charge in [-0.15, -0.1) is 0 Å². The van der Waals surface area contributed by atoms with E-state index >= 15 is 0 Å². The van der Waals surface area contributed by atoms with Crippen LogP contribution in [0.2, 0.25) is 5.02 Å². The monoisotopic (exact) mass is 681 g/mol. The summed E-state index contributed by atoms with van der Waals surface area (Å²) in [5.74, 6) is -0.170. The molecule has 0 radical (unpaired) electrons. The second-order valence-electron chi connectivity index (χ2n) is 10.0. The third-order valence-corrected chi connectivity index (χ3v) is 10.2. The number of rotatable bonds is 10. The molecule has 4 aromatic carbocycles. The number of carbonyl (C=O) groups is 1. The third kappa shape index (κ3) is 6.63. The molecule has 1 amide bonds. The van der Waals surface area contributed by atoms with Gasteiger partial charge < -0.3 is 10.1 Å². The Hall–Kier alpha value is -5.05. The molecule has 5 rings (SSSR count). The van der Waals surface area contributed by atoms with Crippen molar-refractivity contribution in [1.82, 2.24) is 9.36 Å². The lowest BCUT2D eigenvalue weighted by molar-refractivity contribution is 0.102. The lowest BCUT2D eigenvalue weighted by Crippen LogP contribution is -2.23. The Morgan fingerprint density at radius 3 is 2.17 bits per heavy atom. The minimum absolute atomic E-state index is 0.0825. The molecule has 0 aliphatic heterocycles. The van der Waals surface area contributed by atoms with Gasteiger partial charge in [0.05, 0.1) is 28.4 Å². The predicted octanol–water partition coefficient (Wildman–Crippen LogP) is 5.00. The number of halogens is 1. The highest BCUT2D eigenvalue weighted by atomic mass is 35.5. The highest BCUT2D eigenvalue weighted by Crippen LogP contribution is 2.27. The molecule has 0 unspecified atom stereocenters. The number of amides is 1. The van der Waals surface area contributed by atoms with Crippen LogP contribution in [0.3, 0.4) is 0 Å². The Morgan fingerprint density at radius 2 is 1.50 bits per heavy atom. The molecule has 0 atom stereocenters. The fourth-order valence-corrected chi connectivity index (χ4v) is 7.29. The highest BCUT2D eigenvalue weighted by Gasteiger charge is 2.26. The summed E-state index contributed by atoms with van der Waals surface area (Å²) in [5, 5.41) is 2.40. The van der Waals surface area contributed by atoms with E-state index in [1.54, 1.807) is 68.6 Å². The first kappa shape index (κ1) is 32.3. The van der Waals surface area contributed by atoms with Gasteiger partial charge in [0.1, 0.15) is 16.3 Å². The third-order valence-electron chi connectivity index (χ3n) is 7.02. The fraction of sp³-hybridized carbons (Fsp3) is 0.0968. The number of nitrogens with zero attached hydrogens (tertiary/aromatic N) is 2. The molecule has 15 heteroatoms. The standard InChI is InChI=1S/C31H28ClN5O7S2/c1-20-29(31(39)37(36(20)2)24-9-5-4-6-10-24)35-46(42,43)28-18-21(12-17-27(28)32)30(38)33-23-8-7-11-26(19-23)45(40,41)34-22-13-15-25(44-3)16-14-22/h4-19,34-35H,1-3H3,(H,33,38). The molecular weight excluding hydrogens is 654 g/mol. The molecule has 0 bridgehead atoms. The van der Waals surface area contributed by atoms with Crippen LogP contribution < -0.4 is 25.1 Å². The van der Waals surface area contributed by atoms with Gasteiger partial charge in [-0.3, -0.25) is 23.7 Å². The molecule has 0 fully saturated rings. The lowest BCUT2D eigenvalue weighted by atomic mass is 10.2. The van der Waals surface area contributed by atoms with Crippen LogP contribution in [0.25, 0.3) is 5.69 Å². The zero-order valence-electron chi connectivity index (χ0n) is 24.7. The van der Waals surface area contributed by atoms with Crippen molar-refractivity contribution in [2.24, 2.45) is 7.05 Å². The van der Waals surface area contributed by atoms with Crippen molar-refractivity contribution in [1.29, 1.82) is 0 Å². The van der Waals surface area contributed by atoms with Crippen LogP contribution in [0.5, 0.6) is 5.75 Å². The number of aromatic nitrogens is 2. The summed E-state index contributed by atoms with van der Waals surface area (Å²) in [6, 6.07) is 24.2. The minimum Gasteiger partial charge on any atom is -0.497 e. The molecule has 1 aromatic heterocycles. The zero-order chi connectivity index (χ0) is 33.2. The molecular formula is C31H28ClN5O7S2. The largest absolute Gasteiger partial charge is 0.497 e. The van der Waals surface area contributed by atoms with Gasteiger partial charge in [-0.25, -0.2) is 21.5 Å². The number of para-hydroxylation sites is 1. The Kier molecular flexibility index (Phi) is 8.96. The number of hydrogen-bond donors (Lipinski definition) is 3. The van der Waals surface area contributed by atoms with E-state index in [1.807, 2.05) is 0 Å². The maximum absolute atomic E-state index is 13.5. The van der Waals surface area contributed by atoms with Crippen molar-refractivity contribution in [3.63, 3.8) is 0 Å². The Morgan fingerprint density at radius 1 is 0.804 bits per heavy atom. The normalized spacial score (nSPS) is 11.6. The molecule has 12 nitrogen and oxygen atoms in total. The summed E-state index contributed by atoms with van der Waals surface area (Å²) in [5.41, 5.74) is 0.466. The average molecular weight is 682 g/mol. The lowest BCUT2D eigenvalue weighted by Gasteiger charge is -2.12. The molecule has 0 spiro atoms. The first-order chi connectivity index (χ1) is 21.8. The quantitative estimate of drug-likeness (QED) is 0.187. The molecule has 46 heavy (non-hydrogen) atoms. The van der Waals surface area contributed by atoms with Crippen molar-refractivity contribution in [3.05, 3.63) is 124 Å². The van der Waals surface area contributed by atoms with E-state index in [1.165, 1.54) is 52.9 Å². The summed E-state index contributed by atoms with van der Waals surface area (Å²) < 4.78 is 65.7. The molecule has 3 N–H and O–H groups in total. The first-order valence-corrected chi connectivity index (χ1v) is 16.9. The van der Waals surface area contributed by atoms with E-state index in [4.69, 9.17) is 16.3 Å². The fourth-order valence-electron chi connectivity index (χ4n) is 4.54. The van der Waals surface area contributed by atoms with Gasteiger partial charge in [0.2, 0.25) is 0 Å². The number of hydrogen-bond acceptors (Lipinski definition) is 7. The maximum atomic E-state index is 13.5. The van der Waals surface area contributed by atoms with Gasteiger partial charge in [-0.2, -0.15) is 0 Å². The number of methoxy groups -OCH3 is 1. The van der Waals surface area contributed by atoms with Crippen molar-refractivity contribution >= 4 is 54.6 Å². The van der Waals surface area contributed by atoms with Crippen LogP contribution in [0.4, 0.5) is 17.1 Å². The number of anilines is 3. The molecule has 0 saturated heterocycles. The van der Waals surface area contributed by atoms with E-state index in [-0.39, 0.29) is 26.9 Å². The van der Waals surface area contributed by atoms with E-state index in [0.29, 0.717) is 22.8 Å². The zero-order valence-corrected chi connectivity index (χ0v) is 27.1. The molecule has 0 aliphatic rings. The summed E-state index contributed by atoms with van der Waals surface area (Å²) >= 11 is 6.26. The minimum atomic E-state index is -4.45. The van der Waals surface area contributed by atoms with E-state index < -0.39 is 36.4 Å². The first-order valence-electron chi connectivity index (χ1n) is 13.6. The van der Waals surface area contributed by atoms with Crippen LogP contribution in [-0.2, 0) is 27.1 Å². The second-order valence-corrected chi connectivity index (χ2v) is 13.7. The molecule has 1 heterocycles. The second kappa shape index (κ2) is 12.7. The van der Waals surface area contributed by atoms with Gasteiger partial charge in [0.15, 0.2) is 0 Å². The highest BCUT2D eigenvalue weighted by molar-refractivity contribution is 7.93. The smallest absolute Gasteiger partial charge is 0.296 e. The SMILES string of the molecule is COc1ccc(NS(=O)(=O)c2cccc(NC(=O)c3ccc(Cl)c(S(=O)(=O)Nc4c(C)n(C)n(-c5ccccc5)c4=O)c3)c2)cc1. The van der Waals surface area contributed by atoms with Crippen LogP contribution in [-0.4, -0.2) is 39.2 Å². The summed E-state index contributed by atoms with van der Waals surface area (Å²) in [4.78, 5) is 25.9. The van der Waals surface area contributed by atoms with Gasteiger partial charge in [-0.05, 0) is 79.7 Å². The Balaban J connectivity index is 1.38. The maximum Gasteiger partial charge on any atom is 0.296 e. The topological polar surface area (TPSA) is 158 Å². The molecule has 0 aliphatic carbocycles. The van der Waals surface area contributed by atoms with E-state index in [9.17, 15) is 26.4 Å². The van der Waals surface area contributed by atoms with Crippen LogP contribution in [0, 0.1) is 6.92 Å². The Labute approximate surface area is 270 Å². The van der Waals surface area contributed by atoms with E-state index in [2.05, 4.69) is 14.8 Å². The average Bonchev–Trinajstić information content (AvgIpc) is 3.24. The van der Waals surface area contributed by atoms with Crippen molar-refractivity contribution in [2.75, 3.05) is 21.9 Å². The number of benzene rings is 4. The van der Waals surface area contributed by atoms with Gasteiger partial charge in [-0.1, -0.05) is 35.9 Å².